The molecule has 4 unspecified atom stereocenters. The van der Waals surface area contributed by atoms with E-state index < -0.39 is 5.25 Å². The number of nitrogens with zero attached hydrogens (tertiary/aromatic N) is 2. The van der Waals surface area contributed by atoms with Gasteiger partial charge in [0.25, 0.3) is 11.1 Å². The van der Waals surface area contributed by atoms with E-state index >= 15 is 0 Å². The molecule has 2 aliphatic rings. The molecule has 7 nitrogen and oxygen atoms in total. The summed E-state index contributed by atoms with van der Waals surface area (Å²) in [6.45, 7) is 6.53. The number of aryl methyl sites for hydroxylation is 1. The number of quaternary nitrogens is 1. The smallest absolute Gasteiger partial charge is 0.286 e. The van der Waals surface area contributed by atoms with Crippen LogP contribution in [0.25, 0.3) is 0 Å². The normalized spacial score (nSPS) is 22.2. The Kier molecular flexibility index (Phi) is 7.81. The number of benzene rings is 4. The lowest BCUT2D eigenvalue weighted by atomic mass is 9.97. The van der Waals surface area contributed by atoms with Gasteiger partial charge in [-0.1, -0.05) is 71.9 Å². The van der Waals surface area contributed by atoms with Crippen molar-refractivity contribution in [1.82, 2.24) is 14.7 Å². The molecule has 2 aliphatic heterocycles. The van der Waals surface area contributed by atoms with E-state index in [0.29, 0.717) is 28.8 Å². The van der Waals surface area contributed by atoms with Crippen LogP contribution in [0.15, 0.2) is 103 Å². The number of rotatable bonds is 8. The fraction of sp³-hybridized carbons (Fsp3) is 0.229. The van der Waals surface area contributed by atoms with E-state index in [1.54, 1.807) is 0 Å². The number of fused-ring (bicyclic) bond motifs is 1. The molecule has 0 aromatic heterocycles. The molecule has 1 saturated heterocycles. The molecular weight excluding hydrogens is 558 g/mol. The van der Waals surface area contributed by atoms with Crippen LogP contribution in [-0.2, 0) is 11.2 Å². The number of amides is 3. The Hall–Kier alpha value is -4.40. The van der Waals surface area contributed by atoms with Crippen molar-refractivity contribution < 1.29 is 19.1 Å². The number of thioether (sulfide) groups is 1. The van der Waals surface area contributed by atoms with Crippen LogP contribution in [0.3, 0.4) is 0 Å². The predicted molar refractivity (Wildman–Crippen MR) is 171 cm³/mol. The van der Waals surface area contributed by atoms with Crippen molar-refractivity contribution in [2.45, 2.75) is 44.6 Å². The fourth-order valence-electron chi connectivity index (χ4n) is 6.29. The van der Waals surface area contributed by atoms with Gasteiger partial charge in [0, 0.05) is 37.3 Å². The lowest BCUT2D eigenvalue weighted by Crippen LogP contribution is -2.64. The number of carbonyl (C=O) groups is 3. The van der Waals surface area contributed by atoms with Crippen molar-refractivity contribution in [3.63, 3.8) is 0 Å². The Morgan fingerprint density at radius 1 is 0.860 bits per heavy atom. The maximum atomic E-state index is 14.1. The molecule has 4 atom stereocenters. The van der Waals surface area contributed by atoms with E-state index in [2.05, 4.69) is 61.6 Å². The summed E-state index contributed by atoms with van der Waals surface area (Å²) >= 11 is 1.03. The minimum Gasteiger partial charge on any atom is -0.491 e. The number of hydrogen-bond donors (Lipinski definition) is 1. The van der Waals surface area contributed by atoms with Crippen LogP contribution in [0.1, 0.15) is 35.3 Å². The first-order chi connectivity index (χ1) is 20.8. The summed E-state index contributed by atoms with van der Waals surface area (Å²) in [5.74, 6) is 0.407. The van der Waals surface area contributed by atoms with Crippen molar-refractivity contribution in [2.75, 3.05) is 6.61 Å². The Morgan fingerprint density at radius 2 is 1.51 bits per heavy atom. The van der Waals surface area contributed by atoms with E-state index in [1.165, 1.54) is 5.56 Å². The van der Waals surface area contributed by atoms with Gasteiger partial charge in [-0.3, -0.25) is 24.6 Å². The zero-order chi connectivity index (χ0) is 30.1. The van der Waals surface area contributed by atoms with Crippen molar-refractivity contribution in [3.05, 3.63) is 120 Å². The molecule has 0 saturated carbocycles. The van der Waals surface area contributed by atoms with Gasteiger partial charge in [0.1, 0.15) is 29.3 Å². The Labute approximate surface area is 256 Å². The number of hydrogen-bond acceptors (Lipinski definition) is 5. The fourth-order valence-corrected chi connectivity index (χ4v) is 7.15. The Morgan fingerprint density at radius 3 is 2.19 bits per heavy atom. The van der Waals surface area contributed by atoms with Crippen molar-refractivity contribution in [3.8, 4) is 5.75 Å². The van der Waals surface area contributed by atoms with Gasteiger partial charge in [-0.05, 0) is 44.0 Å². The number of para-hydroxylation sites is 2. The standard InChI is InChI=1S/C35H33N3O4S/c1-23-13-17-28(18-14-23)38(27-9-5-4-6-10-27)25(3)37(34(40)30-11-7-8-12-31(30)38)24(2)22-42-29-19-15-26(16-20-29)21-32-33(39)36-35(41)43-32/h4-20,24-25,32H,21-22H2,1-3H3/p+1. The number of imide groups is 1. The third-order valence-corrected chi connectivity index (χ3v) is 9.38. The number of ether oxygens (including phenoxy) is 1. The van der Waals surface area contributed by atoms with Crippen molar-refractivity contribution in [1.29, 1.82) is 0 Å². The molecule has 4 aromatic rings. The molecule has 0 radical (unpaired) electrons. The van der Waals surface area contributed by atoms with Gasteiger partial charge in [-0.15, -0.1) is 0 Å². The topological polar surface area (TPSA) is 75.7 Å². The minimum atomic E-state index is -0.412. The molecule has 3 amide bonds. The average Bonchev–Trinajstić information content (AvgIpc) is 3.34. The lowest BCUT2D eigenvalue weighted by Gasteiger charge is -2.51. The predicted octanol–water partition coefficient (Wildman–Crippen LogP) is 7.13. The van der Waals surface area contributed by atoms with Gasteiger partial charge < -0.3 is 4.74 Å². The molecule has 218 valence electrons. The number of nitrogens with one attached hydrogen (secondary N) is 1. The van der Waals surface area contributed by atoms with E-state index in [9.17, 15) is 14.4 Å². The molecule has 0 aliphatic carbocycles. The van der Waals surface area contributed by atoms with Gasteiger partial charge in [-0.25, -0.2) is 4.48 Å². The monoisotopic (exact) mass is 592 g/mol. The summed E-state index contributed by atoms with van der Waals surface area (Å²) in [6, 6.07) is 34.2. The van der Waals surface area contributed by atoms with Gasteiger partial charge in [-0.2, -0.15) is 0 Å². The summed E-state index contributed by atoms with van der Waals surface area (Å²) in [7, 11) is 0. The van der Waals surface area contributed by atoms with Gasteiger partial charge in [0.2, 0.25) is 5.91 Å². The van der Waals surface area contributed by atoms with Crippen LogP contribution >= 0.6 is 11.8 Å². The second-order valence-electron chi connectivity index (χ2n) is 11.1. The van der Waals surface area contributed by atoms with E-state index in [0.717, 1.165) is 34.4 Å². The largest absolute Gasteiger partial charge is 0.491 e. The summed E-state index contributed by atoms with van der Waals surface area (Å²) in [5.41, 5.74) is 5.89. The van der Waals surface area contributed by atoms with Crippen LogP contribution in [0.4, 0.5) is 21.9 Å². The molecule has 6 rings (SSSR count). The highest BCUT2D eigenvalue weighted by molar-refractivity contribution is 8.15. The van der Waals surface area contributed by atoms with Crippen molar-refractivity contribution in [2.24, 2.45) is 0 Å². The van der Waals surface area contributed by atoms with Gasteiger partial charge in [0.05, 0.1) is 11.3 Å². The van der Waals surface area contributed by atoms with E-state index in [-0.39, 0.29) is 29.3 Å². The number of carbonyl (C=O) groups excluding carboxylic acids is 3. The third kappa shape index (κ3) is 5.21. The van der Waals surface area contributed by atoms with E-state index in [1.807, 2.05) is 72.5 Å². The van der Waals surface area contributed by atoms with Gasteiger partial charge >= 0.3 is 0 Å². The van der Waals surface area contributed by atoms with E-state index in [4.69, 9.17) is 4.74 Å². The molecule has 4 aromatic carbocycles. The molecule has 8 heteroatoms. The second kappa shape index (κ2) is 11.7. The molecular formula is C35H34N3O4S+. The molecule has 2 heterocycles. The van der Waals surface area contributed by atoms with Crippen LogP contribution in [-0.4, -0.2) is 46.0 Å². The zero-order valence-corrected chi connectivity index (χ0v) is 25.2. The average molecular weight is 593 g/mol. The van der Waals surface area contributed by atoms with Crippen LogP contribution in [0.5, 0.6) is 5.75 Å². The highest BCUT2D eigenvalue weighted by Gasteiger charge is 2.53. The summed E-state index contributed by atoms with van der Waals surface area (Å²) in [5, 5.41) is 1.62. The maximum Gasteiger partial charge on any atom is 0.286 e. The maximum absolute atomic E-state index is 14.1. The quantitative estimate of drug-likeness (QED) is 0.220. The first-order valence-corrected chi connectivity index (χ1v) is 15.3. The molecule has 1 N–H and O–H groups in total. The molecule has 0 spiro atoms. The van der Waals surface area contributed by atoms with Gasteiger partial charge in [0.15, 0.2) is 11.9 Å². The van der Waals surface area contributed by atoms with Crippen molar-refractivity contribution >= 4 is 45.9 Å². The summed E-state index contributed by atoms with van der Waals surface area (Å²) in [4.78, 5) is 39.5. The van der Waals surface area contributed by atoms with Crippen LogP contribution in [0.2, 0.25) is 0 Å². The third-order valence-electron chi connectivity index (χ3n) is 8.39. The van der Waals surface area contributed by atoms with Crippen LogP contribution in [0, 0.1) is 6.92 Å². The Balaban J connectivity index is 1.30. The highest BCUT2D eigenvalue weighted by Crippen LogP contribution is 2.51. The lowest BCUT2D eigenvalue weighted by molar-refractivity contribution is -0.118. The second-order valence-corrected chi connectivity index (χ2v) is 12.3. The first-order valence-electron chi connectivity index (χ1n) is 14.5. The minimum absolute atomic E-state index is 0.0202. The Bertz CT molecular complexity index is 1660. The molecule has 0 bridgehead atoms. The highest BCUT2D eigenvalue weighted by atomic mass is 32.2. The molecule has 1 fully saturated rings. The summed E-state index contributed by atoms with van der Waals surface area (Å²) < 4.78 is 6.60. The first kappa shape index (κ1) is 28.7. The summed E-state index contributed by atoms with van der Waals surface area (Å²) in [6.07, 6.45) is 0.197. The van der Waals surface area contributed by atoms with Crippen LogP contribution < -0.4 is 14.5 Å². The SMILES string of the molecule is Cc1ccc([N+]2(c3ccccc3)c3ccccc3C(=O)N(C(C)COc3ccc(CC4SC(=O)NC4=O)cc3)C2C)cc1. The zero-order valence-electron chi connectivity index (χ0n) is 24.4. The molecule has 43 heavy (non-hydrogen) atoms.